The molecule has 110 valence electrons. The molecule has 0 unspecified atom stereocenters. The predicted molar refractivity (Wildman–Crippen MR) is 74.5 cm³/mol. The lowest BCUT2D eigenvalue weighted by Gasteiger charge is -2.12. The number of hydrogen-bond acceptors (Lipinski definition) is 3. The summed E-state index contributed by atoms with van der Waals surface area (Å²) in [6.07, 6.45) is -3.60. The van der Waals surface area contributed by atoms with Crippen LogP contribution in [0.2, 0.25) is 0 Å². The van der Waals surface area contributed by atoms with E-state index in [1.807, 2.05) is 14.1 Å². The van der Waals surface area contributed by atoms with E-state index in [0.29, 0.717) is 10.8 Å². The van der Waals surface area contributed by atoms with Crippen molar-refractivity contribution in [1.29, 1.82) is 0 Å². The molecule has 1 aliphatic rings. The molecule has 1 heterocycles. The maximum absolute atomic E-state index is 12.9. The van der Waals surface area contributed by atoms with Crippen LogP contribution in [0.15, 0.2) is 18.2 Å². The topological polar surface area (TPSA) is 47.0 Å². The largest absolute Gasteiger partial charge is 0.586 e. The average Bonchev–Trinajstić information content (AvgIpc) is 2.61. The number of anilines is 1. The molecule has 0 aliphatic carbocycles. The van der Waals surface area contributed by atoms with Gasteiger partial charge in [-0.15, -0.1) is 8.78 Å². The van der Waals surface area contributed by atoms with Gasteiger partial charge >= 0.3 is 6.29 Å². The number of rotatable bonds is 4. The summed E-state index contributed by atoms with van der Waals surface area (Å²) in [6, 6.07) is 4.42. The SMILES string of the molecule is C[NH+](C)CCNC(=S)Nc1ccc2c(c1)OC(F)(F)O2. The van der Waals surface area contributed by atoms with E-state index >= 15 is 0 Å². The van der Waals surface area contributed by atoms with Gasteiger partial charge in [-0.3, -0.25) is 0 Å². The molecule has 0 atom stereocenters. The maximum Gasteiger partial charge on any atom is 0.586 e. The molecule has 20 heavy (non-hydrogen) atoms. The normalized spacial score (nSPS) is 15.2. The number of alkyl halides is 2. The van der Waals surface area contributed by atoms with Crippen LogP contribution in [0.4, 0.5) is 14.5 Å². The third kappa shape index (κ3) is 3.91. The van der Waals surface area contributed by atoms with Crippen molar-refractivity contribution < 1.29 is 23.2 Å². The van der Waals surface area contributed by atoms with Crippen molar-refractivity contribution >= 4 is 23.0 Å². The summed E-state index contributed by atoms with van der Waals surface area (Å²) < 4.78 is 34.4. The van der Waals surface area contributed by atoms with Gasteiger partial charge in [-0.05, 0) is 24.4 Å². The van der Waals surface area contributed by atoms with Gasteiger partial charge in [-0.25, -0.2) is 0 Å². The number of nitrogens with one attached hydrogen (secondary N) is 3. The molecule has 0 fully saturated rings. The number of likely N-dealkylation sites (N-methyl/N-ethyl adjacent to an activating group) is 1. The fraction of sp³-hybridized carbons (Fsp3) is 0.417. The molecule has 0 spiro atoms. The van der Waals surface area contributed by atoms with Crippen LogP contribution in [-0.4, -0.2) is 38.6 Å². The quantitative estimate of drug-likeness (QED) is 0.705. The molecule has 1 aromatic carbocycles. The first-order valence-corrected chi connectivity index (χ1v) is 6.50. The lowest BCUT2D eigenvalue weighted by molar-refractivity contribution is -0.856. The molecule has 0 bridgehead atoms. The highest BCUT2D eigenvalue weighted by Crippen LogP contribution is 2.42. The Hall–Kier alpha value is -1.67. The average molecular weight is 304 g/mol. The minimum absolute atomic E-state index is 0.00985. The third-order valence-electron chi connectivity index (χ3n) is 2.57. The Bertz CT molecular complexity index is 511. The second kappa shape index (κ2) is 5.76. The van der Waals surface area contributed by atoms with E-state index < -0.39 is 6.29 Å². The fourth-order valence-electron chi connectivity index (χ4n) is 1.63. The van der Waals surface area contributed by atoms with E-state index in [4.69, 9.17) is 12.2 Å². The molecule has 3 N–H and O–H groups in total. The van der Waals surface area contributed by atoms with Crippen LogP contribution in [-0.2, 0) is 0 Å². The van der Waals surface area contributed by atoms with Crippen molar-refractivity contribution in [1.82, 2.24) is 5.32 Å². The van der Waals surface area contributed by atoms with Gasteiger partial charge < -0.3 is 25.0 Å². The Balaban J connectivity index is 1.90. The van der Waals surface area contributed by atoms with E-state index in [-0.39, 0.29) is 11.5 Å². The third-order valence-corrected chi connectivity index (χ3v) is 2.82. The van der Waals surface area contributed by atoms with Crippen molar-refractivity contribution in [2.45, 2.75) is 6.29 Å². The summed E-state index contributed by atoms with van der Waals surface area (Å²) in [5, 5.41) is 6.36. The molecule has 0 saturated carbocycles. The zero-order valence-electron chi connectivity index (χ0n) is 11.1. The molecule has 8 heteroatoms. The van der Waals surface area contributed by atoms with E-state index in [0.717, 1.165) is 13.1 Å². The highest BCUT2D eigenvalue weighted by Gasteiger charge is 2.43. The van der Waals surface area contributed by atoms with E-state index in [1.165, 1.54) is 17.0 Å². The first kappa shape index (κ1) is 14.7. The van der Waals surface area contributed by atoms with Crippen molar-refractivity contribution in [3.8, 4) is 11.5 Å². The summed E-state index contributed by atoms with van der Waals surface area (Å²) in [5.41, 5.74) is 0.555. The number of quaternary nitrogens is 1. The molecule has 0 radical (unpaired) electrons. The number of hydrogen-bond donors (Lipinski definition) is 3. The van der Waals surface area contributed by atoms with Crippen LogP contribution >= 0.6 is 12.2 Å². The molecule has 0 saturated heterocycles. The molecule has 1 aliphatic heterocycles. The van der Waals surface area contributed by atoms with Crippen LogP contribution in [0.25, 0.3) is 0 Å². The Morgan fingerprint density at radius 3 is 2.70 bits per heavy atom. The second-order valence-corrected chi connectivity index (χ2v) is 5.08. The second-order valence-electron chi connectivity index (χ2n) is 4.67. The van der Waals surface area contributed by atoms with Gasteiger partial charge in [0.25, 0.3) is 0 Å². The van der Waals surface area contributed by atoms with Gasteiger partial charge in [0.2, 0.25) is 0 Å². The molecule has 5 nitrogen and oxygen atoms in total. The Kier molecular flexibility index (Phi) is 4.24. The molecule has 0 amide bonds. The van der Waals surface area contributed by atoms with E-state index in [1.54, 1.807) is 6.07 Å². The first-order chi connectivity index (χ1) is 9.35. The summed E-state index contributed by atoms with van der Waals surface area (Å²) in [6.45, 7) is 1.63. The number of benzene rings is 1. The zero-order valence-corrected chi connectivity index (χ0v) is 11.9. The van der Waals surface area contributed by atoms with Crippen LogP contribution in [0.5, 0.6) is 11.5 Å². The molecular weight excluding hydrogens is 288 g/mol. The van der Waals surface area contributed by atoms with Crippen molar-refractivity contribution in [2.75, 3.05) is 32.5 Å². The molecule has 0 aromatic heterocycles. The number of thiocarbonyl (C=S) groups is 1. The van der Waals surface area contributed by atoms with E-state index in [9.17, 15) is 8.78 Å². The van der Waals surface area contributed by atoms with Gasteiger partial charge in [0, 0.05) is 11.8 Å². The summed E-state index contributed by atoms with van der Waals surface area (Å²) >= 11 is 5.11. The first-order valence-electron chi connectivity index (χ1n) is 6.09. The van der Waals surface area contributed by atoms with E-state index in [2.05, 4.69) is 20.1 Å². The van der Waals surface area contributed by atoms with Crippen LogP contribution in [0.3, 0.4) is 0 Å². The summed E-state index contributed by atoms with van der Waals surface area (Å²) in [5.74, 6) is -0.00355. The van der Waals surface area contributed by atoms with Crippen LogP contribution < -0.4 is 25.0 Å². The van der Waals surface area contributed by atoms with Crippen molar-refractivity contribution in [3.63, 3.8) is 0 Å². The minimum Gasteiger partial charge on any atom is -0.395 e. The van der Waals surface area contributed by atoms with Gasteiger partial charge in [0.05, 0.1) is 27.2 Å². The van der Waals surface area contributed by atoms with Crippen LogP contribution in [0.1, 0.15) is 0 Å². The van der Waals surface area contributed by atoms with Crippen LogP contribution in [0, 0.1) is 0 Å². The van der Waals surface area contributed by atoms with Gasteiger partial charge in [0.1, 0.15) is 0 Å². The van der Waals surface area contributed by atoms with Gasteiger partial charge in [-0.1, -0.05) is 0 Å². The number of halogens is 2. The lowest BCUT2D eigenvalue weighted by Crippen LogP contribution is -3.06. The summed E-state index contributed by atoms with van der Waals surface area (Å²) in [4.78, 5) is 1.30. The van der Waals surface area contributed by atoms with Gasteiger partial charge in [0.15, 0.2) is 16.6 Å². The van der Waals surface area contributed by atoms with Crippen molar-refractivity contribution in [3.05, 3.63) is 18.2 Å². The minimum atomic E-state index is -3.60. The standard InChI is InChI=1S/C12H15F2N3O2S/c1-17(2)6-5-15-11(20)16-8-3-4-9-10(7-8)19-12(13,14)18-9/h3-4,7H,5-6H2,1-2H3,(H2,15,16,20)/p+1. The van der Waals surface area contributed by atoms with Gasteiger partial charge in [-0.2, -0.15) is 0 Å². The maximum atomic E-state index is 12.9. The fourth-order valence-corrected chi connectivity index (χ4v) is 1.85. The number of ether oxygens (including phenoxy) is 2. The Morgan fingerprint density at radius 1 is 1.30 bits per heavy atom. The zero-order chi connectivity index (χ0) is 14.8. The summed E-state index contributed by atoms with van der Waals surface area (Å²) in [7, 11) is 4.08. The number of fused-ring (bicyclic) bond motifs is 1. The molecular formula is C12H16F2N3O2S+. The molecule has 1 aromatic rings. The predicted octanol–water partition coefficient (Wildman–Crippen LogP) is 0.439. The highest BCUT2D eigenvalue weighted by atomic mass is 32.1. The van der Waals surface area contributed by atoms with Crippen molar-refractivity contribution in [2.24, 2.45) is 0 Å². The Labute approximate surface area is 120 Å². The highest BCUT2D eigenvalue weighted by molar-refractivity contribution is 7.80. The smallest absolute Gasteiger partial charge is 0.395 e. The monoisotopic (exact) mass is 304 g/mol. The molecule has 2 rings (SSSR count). The Morgan fingerprint density at radius 2 is 2.00 bits per heavy atom. The lowest BCUT2D eigenvalue weighted by atomic mass is 10.3.